The van der Waals surface area contributed by atoms with Crippen LogP contribution in [0.15, 0.2) is 9.64 Å². The number of nitrogens with zero attached hydrogens (tertiary/aromatic N) is 3. The summed E-state index contributed by atoms with van der Waals surface area (Å²) in [6.45, 7) is 3.74. The van der Waals surface area contributed by atoms with Crippen LogP contribution in [0.4, 0.5) is 4.79 Å². The summed E-state index contributed by atoms with van der Waals surface area (Å²) in [5, 5.41) is 11.4. The van der Waals surface area contributed by atoms with Crippen LogP contribution >= 0.6 is 11.8 Å². The minimum atomic E-state index is -0.819. The number of nitrogens with one attached hydrogen (secondary N) is 1. The number of amides is 3. The van der Waals surface area contributed by atoms with Crippen molar-refractivity contribution in [3.05, 3.63) is 5.89 Å². The van der Waals surface area contributed by atoms with Gasteiger partial charge in [0.05, 0.1) is 0 Å². The molecule has 2 aliphatic rings. The molecule has 1 aliphatic carbocycles. The van der Waals surface area contributed by atoms with Gasteiger partial charge < -0.3 is 9.73 Å². The maximum Gasteiger partial charge on any atom is 0.325 e. The highest BCUT2D eigenvalue weighted by molar-refractivity contribution is 7.99. The van der Waals surface area contributed by atoms with E-state index in [1.165, 1.54) is 35.9 Å². The summed E-state index contributed by atoms with van der Waals surface area (Å²) in [7, 11) is 0. The quantitative estimate of drug-likeness (QED) is 0.655. The zero-order chi connectivity index (χ0) is 16.4. The number of hydrogen-bond donors (Lipinski definition) is 1. The molecule has 0 spiro atoms. The van der Waals surface area contributed by atoms with Gasteiger partial charge in [0, 0.05) is 18.2 Å². The molecule has 3 rings (SSSR count). The van der Waals surface area contributed by atoms with Gasteiger partial charge in [-0.15, -0.1) is 10.2 Å². The molecule has 7 nitrogen and oxygen atoms in total. The Kier molecular flexibility index (Phi) is 4.61. The summed E-state index contributed by atoms with van der Waals surface area (Å²) < 4.78 is 5.72. The van der Waals surface area contributed by atoms with Gasteiger partial charge in [-0.3, -0.25) is 9.69 Å². The van der Waals surface area contributed by atoms with Crippen molar-refractivity contribution in [1.29, 1.82) is 0 Å². The largest absolute Gasteiger partial charge is 0.416 e. The molecule has 0 unspecified atom stereocenters. The van der Waals surface area contributed by atoms with Crippen molar-refractivity contribution >= 4 is 23.7 Å². The van der Waals surface area contributed by atoms with Crippen LogP contribution in [0.1, 0.15) is 57.8 Å². The van der Waals surface area contributed by atoms with Gasteiger partial charge in [-0.25, -0.2) is 4.79 Å². The average molecular weight is 338 g/mol. The Labute approximate surface area is 139 Å². The van der Waals surface area contributed by atoms with E-state index >= 15 is 0 Å². The monoisotopic (exact) mass is 338 g/mol. The lowest BCUT2D eigenvalue weighted by Crippen LogP contribution is -2.40. The van der Waals surface area contributed by atoms with Crippen LogP contribution in [0.5, 0.6) is 0 Å². The molecule has 3 amide bonds. The lowest BCUT2D eigenvalue weighted by atomic mass is 9.89. The molecule has 126 valence electrons. The van der Waals surface area contributed by atoms with Crippen molar-refractivity contribution in [2.24, 2.45) is 0 Å². The first kappa shape index (κ1) is 16.3. The maximum absolute atomic E-state index is 12.1. The maximum atomic E-state index is 12.1. The number of thioether (sulfide) groups is 1. The van der Waals surface area contributed by atoms with Gasteiger partial charge >= 0.3 is 6.03 Å². The van der Waals surface area contributed by atoms with E-state index in [2.05, 4.69) is 15.5 Å². The molecule has 8 heteroatoms. The average Bonchev–Trinajstić information content (AvgIpc) is 3.06. The fourth-order valence-corrected chi connectivity index (χ4v) is 3.73. The standard InChI is InChI=1S/C15H22N4O3S/c1-15(2)12(20)19(13(21)16-15)8-9-23-14-18-17-11(22-14)10-6-4-3-5-7-10/h10H,3-9H2,1-2H3,(H,16,21). The highest BCUT2D eigenvalue weighted by Gasteiger charge is 2.43. The number of carbonyl (C=O) groups is 2. The second kappa shape index (κ2) is 6.51. The molecule has 1 aromatic heterocycles. The molecule has 0 atom stereocenters. The second-order valence-electron chi connectivity index (χ2n) is 6.60. The number of rotatable bonds is 5. The van der Waals surface area contributed by atoms with Crippen LogP contribution in [0, 0.1) is 0 Å². The van der Waals surface area contributed by atoms with E-state index in [-0.39, 0.29) is 11.9 Å². The Balaban J connectivity index is 1.50. The van der Waals surface area contributed by atoms with Crippen molar-refractivity contribution in [2.75, 3.05) is 12.3 Å². The van der Waals surface area contributed by atoms with Crippen molar-refractivity contribution in [3.63, 3.8) is 0 Å². The third-order valence-electron chi connectivity index (χ3n) is 4.36. The third-order valence-corrected chi connectivity index (χ3v) is 5.16. The van der Waals surface area contributed by atoms with Gasteiger partial charge in [-0.05, 0) is 26.7 Å². The Morgan fingerprint density at radius 1 is 1.26 bits per heavy atom. The predicted octanol–water partition coefficient (Wildman–Crippen LogP) is 2.54. The van der Waals surface area contributed by atoms with Crippen LogP contribution < -0.4 is 5.32 Å². The number of urea groups is 1. The molecule has 2 fully saturated rings. The molecule has 1 saturated heterocycles. The fourth-order valence-electron chi connectivity index (χ4n) is 3.04. The summed E-state index contributed by atoms with van der Waals surface area (Å²) in [5.41, 5.74) is -0.819. The molecule has 23 heavy (non-hydrogen) atoms. The van der Waals surface area contributed by atoms with Crippen molar-refractivity contribution in [3.8, 4) is 0 Å². The van der Waals surface area contributed by atoms with E-state index in [1.807, 2.05) is 0 Å². The Morgan fingerprint density at radius 3 is 2.65 bits per heavy atom. The van der Waals surface area contributed by atoms with E-state index in [4.69, 9.17) is 4.42 Å². The van der Waals surface area contributed by atoms with Crippen molar-refractivity contribution in [2.45, 2.75) is 62.6 Å². The topological polar surface area (TPSA) is 88.3 Å². The van der Waals surface area contributed by atoms with Crippen LogP contribution in [0.3, 0.4) is 0 Å². The van der Waals surface area contributed by atoms with Gasteiger partial charge in [-0.1, -0.05) is 31.0 Å². The SMILES string of the molecule is CC1(C)NC(=O)N(CCSc2nnc(C3CCCCC3)o2)C1=O. The zero-order valence-corrected chi connectivity index (χ0v) is 14.3. The summed E-state index contributed by atoms with van der Waals surface area (Å²) in [6.07, 6.45) is 5.96. The number of imide groups is 1. The Bertz CT molecular complexity index is 595. The molecule has 1 N–H and O–H groups in total. The Hall–Kier alpha value is -1.57. The first-order valence-electron chi connectivity index (χ1n) is 8.08. The van der Waals surface area contributed by atoms with Gasteiger partial charge in [0.15, 0.2) is 0 Å². The normalized spacial score (nSPS) is 21.7. The van der Waals surface area contributed by atoms with E-state index in [0.29, 0.717) is 23.4 Å². The smallest absolute Gasteiger partial charge is 0.325 e. The molecular formula is C15H22N4O3S. The Morgan fingerprint density at radius 2 is 2.00 bits per heavy atom. The van der Waals surface area contributed by atoms with E-state index < -0.39 is 5.54 Å². The molecule has 1 saturated carbocycles. The fraction of sp³-hybridized carbons (Fsp3) is 0.733. The van der Waals surface area contributed by atoms with E-state index in [9.17, 15) is 9.59 Å². The zero-order valence-electron chi connectivity index (χ0n) is 13.5. The van der Waals surface area contributed by atoms with Gasteiger partial charge in [-0.2, -0.15) is 0 Å². The molecule has 0 radical (unpaired) electrons. The highest BCUT2D eigenvalue weighted by Crippen LogP contribution is 2.33. The molecule has 0 bridgehead atoms. The van der Waals surface area contributed by atoms with Crippen LogP contribution in [-0.2, 0) is 4.79 Å². The molecular weight excluding hydrogens is 316 g/mol. The molecule has 1 aromatic rings. The summed E-state index contributed by atoms with van der Waals surface area (Å²) in [4.78, 5) is 25.1. The number of carbonyl (C=O) groups excluding carboxylic acids is 2. The summed E-state index contributed by atoms with van der Waals surface area (Å²) in [6, 6.07) is -0.339. The number of aromatic nitrogens is 2. The van der Waals surface area contributed by atoms with E-state index in [1.54, 1.807) is 13.8 Å². The molecule has 1 aliphatic heterocycles. The van der Waals surface area contributed by atoms with Crippen LogP contribution in [-0.4, -0.2) is 44.9 Å². The summed E-state index contributed by atoms with van der Waals surface area (Å²) in [5.74, 6) is 1.46. The van der Waals surface area contributed by atoms with Gasteiger partial charge in [0.25, 0.3) is 11.1 Å². The lowest BCUT2D eigenvalue weighted by molar-refractivity contribution is -0.130. The first-order valence-corrected chi connectivity index (χ1v) is 9.06. The van der Waals surface area contributed by atoms with Gasteiger partial charge in [0.1, 0.15) is 5.54 Å². The lowest BCUT2D eigenvalue weighted by Gasteiger charge is -2.17. The first-order chi connectivity index (χ1) is 11.0. The minimum absolute atomic E-state index is 0.198. The minimum Gasteiger partial charge on any atom is -0.416 e. The molecule has 2 heterocycles. The van der Waals surface area contributed by atoms with E-state index in [0.717, 1.165) is 18.7 Å². The predicted molar refractivity (Wildman–Crippen MR) is 85.2 cm³/mol. The van der Waals surface area contributed by atoms with Crippen LogP contribution in [0.2, 0.25) is 0 Å². The number of hydrogen-bond acceptors (Lipinski definition) is 6. The van der Waals surface area contributed by atoms with Crippen molar-refractivity contribution in [1.82, 2.24) is 20.4 Å². The van der Waals surface area contributed by atoms with Crippen molar-refractivity contribution < 1.29 is 14.0 Å². The summed E-state index contributed by atoms with van der Waals surface area (Å²) >= 11 is 1.38. The van der Waals surface area contributed by atoms with Crippen LogP contribution in [0.25, 0.3) is 0 Å². The van der Waals surface area contributed by atoms with Gasteiger partial charge in [0.2, 0.25) is 5.89 Å². The highest BCUT2D eigenvalue weighted by atomic mass is 32.2. The third kappa shape index (κ3) is 3.52. The second-order valence-corrected chi connectivity index (χ2v) is 7.65. The molecule has 0 aromatic carbocycles.